The van der Waals surface area contributed by atoms with Crippen molar-refractivity contribution in [2.75, 3.05) is 13.1 Å². The first-order chi connectivity index (χ1) is 6.49. The van der Waals surface area contributed by atoms with Crippen LogP contribution < -0.4 is 5.73 Å². The van der Waals surface area contributed by atoms with Crippen molar-refractivity contribution >= 4 is 11.8 Å². The highest BCUT2D eigenvalue weighted by molar-refractivity contribution is 5.84. The highest BCUT2D eigenvalue weighted by Gasteiger charge is 2.40. The Morgan fingerprint density at radius 2 is 2.29 bits per heavy atom. The van der Waals surface area contributed by atoms with Crippen LogP contribution in [0.2, 0.25) is 0 Å². The summed E-state index contributed by atoms with van der Waals surface area (Å²) in [5.41, 5.74) is 4.61. The summed E-state index contributed by atoms with van der Waals surface area (Å²) in [6.45, 7) is 2.60. The van der Waals surface area contributed by atoms with E-state index in [1.807, 2.05) is 0 Å². The summed E-state index contributed by atoms with van der Waals surface area (Å²) in [4.78, 5) is 23.9. The van der Waals surface area contributed by atoms with Gasteiger partial charge in [-0.25, -0.2) is 0 Å². The van der Waals surface area contributed by atoms with Gasteiger partial charge >= 0.3 is 0 Å². The average molecular weight is 195 g/mol. The largest absolute Gasteiger partial charge is 0.369 e. The third kappa shape index (κ3) is 1.84. The zero-order valence-electron chi connectivity index (χ0n) is 8.12. The molecule has 2 N–H and O–H groups in total. The van der Waals surface area contributed by atoms with Crippen molar-refractivity contribution in [2.24, 2.45) is 11.1 Å². The molecule has 5 nitrogen and oxygen atoms in total. The van der Waals surface area contributed by atoms with E-state index in [-0.39, 0.29) is 18.2 Å². The van der Waals surface area contributed by atoms with Crippen molar-refractivity contribution in [2.45, 2.75) is 19.8 Å². The van der Waals surface area contributed by atoms with Gasteiger partial charge in [-0.2, -0.15) is 5.26 Å². The zero-order chi connectivity index (χ0) is 10.8. The Hall–Kier alpha value is -1.57. The molecule has 1 heterocycles. The lowest BCUT2D eigenvalue weighted by Crippen LogP contribution is -2.38. The van der Waals surface area contributed by atoms with E-state index in [4.69, 9.17) is 11.0 Å². The number of carbonyl (C=O) groups is 2. The summed E-state index contributed by atoms with van der Waals surface area (Å²) >= 11 is 0. The number of nitrogens with two attached hydrogens (primary N) is 1. The van der Waals surface area contributed by atoms with Gasteiger partial charge in [-0.3, -0.25) is 9.59 Å². The quantitative estimate of drug-likeness (QED) is 0.651. The minimum atomic E-state index is -0.620. The number of nitriles is 1. The predicted molar refractivity (Wildman–Crippen MR) is 48.7 cm³/mol. The second-order valence-electron chi connectivity index (χ2n) is 3.83. The van der Waals surface area contributed by atoms with E-state index in [1.54, 1.807) is 13.0 Å². The Morgan fingerprint density at radius 3 is 2.71 bits per heavy atom. The fourth-order valence-electron chi connectivity index (χ4n) is 1.55. The molecule has 1 unspecified atom stereocenters. The van der Waals surface area contributed by atoms with Crippen LogP contribution in [0.4, 0.5) is 0 Å². The molecule has 0 bridgehead atoms. The summed E-state index contributed by atoms with van der Waals surface area (Å²) in [5, 5.41) is 8.35. The normalized spacial score (nSPS) is 25.9. The van der Waals surface area contributed by atoms with E-state index in [0.29, 0.717) is 19.5 Å². The van der Waals surface area contributed by atoms with Gasteiger partial charge in [0, 0.05) is 13.1 Å². The topological polar surface area (TPSA) is 87.2 Å². The molecule has 1 aliphatic heterocycles. The lowest BCUT2D eigenvalue weighted by molar-refractivity contribution is -0.130. The van der Waals surface area contributed by atoms with Gasteiger partial charge in [0.2, 0.25) is 11.8 Å². The lowest BCUT2D eigenvalue weighted by Gasteiger charge is -2.20. The number of hydrogen-bond donors (Lipinski definition) is 1. The fraction of sp³-hybridized carbons (Fsp3) is 0.667. The van der Waals surface area contributed by atoms with Crippen LogP contribution in [0, 0.1) is 16.7 Å². The molecule has 1 saturated heterocycles. The minimum Gasteiger partial charge on any atom is -0.369 e. The minimum absolute atomic E-state index is 0.130. The van der Waals surface area contributed by atoms with E-state index >= 15 is 0 Å². The van der Waals surface area contributed by atoms with Gasteiger partial charge in [0.15, 0.2) is 0 Å². The van der Waals surface area contributed by atoms with E-state index in [2.05, 4.69) is 0 Å². The maximum Gasteiger partial charge on any atom is 0.236 e. The Kier molecular flexibility index (Phi) is 2.75. The van der Waals surface area contributed by atoms with Gasteiger partial charge in [-0.05, 0) is 13.3 Å². The number of carbonyl (C=O) groups excluding carboxylic acids is 2. The first-order valence-corrected chi connectivity index (χ1v) is 4.44. The molecule has 0 aromatic rings. The Morgan fingerprint density at radius 1 is 1.64 bits per heavy atom. The maximum absolute atomic E-state index is 11.3. The number of primary amides is 1. The fourth-order valence-corrected chi connectivity index (χ4v) is 1.55. The number of nitrogens with zero attached hydrogens (tertiary/aromatic N) is 2. The molecule has 0 aromatic heterocycles. The molecular weight excluding hydrogens is 182 g/mol. The summed E-state index contributed by atoms with van der Waals surface area (Å²) in [6.07, 6.45) is 0.453. The molecule has 5 heteroatoms. The Labute approximate surface area is 82.5 Å². The number of rotatable bonds is 2. The van der Waals surface area contributed by atoms with Crippen molar-refractivity contribution in [3.63, 3.8) is 0 Å². The first kappa shape index (κ1) is 10.5. The van der Waals surface area contributed by atoms with Crippen molar-refractivity contribution in [1.29, 1.82) is 5.26 Å². The standard InChI is InChI=1S/C9H13N3O2/c1-9(8(11)14)3-5-12(6-9)7(13)2-4-10/h2-3,5-6H2,1H3,(H2,11,14). The van der Waals surface area contributed by atoms with Crippen molar-refractivity contribution < 1.29 is 9.59 Å². The SMILES string of the molecule is CC1(C(N)=O)CCN(C(=O)CC#N)C1. The van der Waals surface area contributed by atoms with E-state index in [1.165, 1.54) is 4.90 Å². The van der Waals surface area contributed by atoms with Gasteiger partial charge in [-0.15, -0.1) is 0 Å². The van der Waals surface area contributed by atoms with E-state index in [9.17, 15) is 9.59 Å². The highest BCUT2D eigenvalue weighted by atomic mass is 16.2. The number of amides is 2. The summed E-state index contributed by atoms with van der Waals surface area (Å²) < 4.78 is 0. The molecule has 1 atom stereocenters. The number of hydrogen-bond acceptors (Lipinski definition) is 3. The predicted octanol–water partition coefficient (Wildman–Crippen LogP) is -0.376. The molecule has 0 radical (unpaired) electrons. The molecule has 0 aliphatic carbocycles. The summed E-state index contributed by atoms with van der Waals surface area (Å²) in [6, 6.07) is 1.79. The second kappa shape index (κ2) is 3.66. The van der Waals surface area contributed by atoms with Crippen LogP contribution >= 0.6 is 0 Å². The van der Waals surface area contributed by atoms with Crippen LogP contribution in [0.25, 0.3) is 0 Å². The van der Waals surface area contributed by atoms with Gasteiger partial charge in [-0.1, -0.05) is 0 Å². The van der Waals surface area contributed by atoms with E-state index in [0.717, 1.165) is 0 Å². The van der Waals surface area contributed by atoms with Crippen molar-refractivity contribution in [3.8, 4) is 6.07 Å². The maximum atomic E-state index is 11.3. The highest BCUT2D eigenvalue weighted by Crippen LogP contribution is 2.29. The van der Waals surface area contributed by atoms with Crippen LogP contribution in [-0.4, -0.2) is 29.8 Å². The molecule has 1 fully saturated rings. The van der Waals surface area contributed by atoms with Crippen LogP contribution in [0.1, 0.15) is 19.8 Å². The molecule has 14 heavy (non-hydrogen) atoms. The Balaban J connectivity index is 2.62. The molecule has 1 rings (SSSR count). The van der Waals surface area contributed by atoms with Crippen LogP contribution in [0.5, 0.6) is 0 Å². The van der Waals surface area contributed by atoms with Crippen molar-refractivity contribution in [3.05, 3.63) is 0 Å². The van der Waals surface area contributed by atoms with Gasteiger partial charge in [0.05, 0.1) is 11.5 Å². The van der Waals surface area contributed by atoms with Crippen LogP contribution in [0.3, 0.4) is 0 Å². The molecule has 2 amide bonds. The smallest absolute Gasteiger partial charge is 0.236 e. The number of likely N-dealkylation sites (tertiary alicyclic amines) is 1. The summed E-state index contributed by atoms with van der Waals surface area (Å²) in [5.74, 6) is -0.609. The molecular formula is C9H13N3O2. The van der Waals surface area contributed by atoms with Crippen molar-refractivity contribution in [1.82, 2.24) is 4.90 Å². The zero-order valence-corrected chi connectivity index (χ0v) is 8.12. The monoisotopic (exact) mass is 195 g/mol. The van der Waals surface area contributed by atoms with Gasteiger partial charge < -0.3 is 10.6 Å². The lowest BCUT2D eigenvalue weighted by atomic mass is 9.89. The van der Waals surface area contributed by atoms with Gasteiger partial charge in [0.1, 0.15) is 6.42 Å². The first-order valence-electron chi connectivity index (χ1n) is 4.44. The molecule has 0 spiro atoms. The molecule has 76 valence electrons. The van der Waals surface area contributed by atoms with E-state index < -0.39 is 5.41 Å². The average Bonchev–Trinajstić information content (AvgIpc) is 2.50. The van der Waals surface area contributed by atoms with Crippen LogP contribution in [-0.2, 0) is 9.59 Å². The Bertz CT molecular complexity index is 308. The second-order valence-corrected chi connectivity index (χ2v) is 3.83. The third-order valence-electron chi connectivity index (χ3n) is 2.65. The third-order valence-corrected chi connectivity index (χ3v) is 2.65. The van der Waals surface area contributed by atoms with Crippen LogP contribution in [0.15, 0.2) is 0 Å². The van der Waals surface area contributed by atoms with Gasteiger partial charge in [0.25, 0.3) is 0 Å². The molecule has 0 saturated carbocycles. The molecule has 1 aliphatic rings. The summed E-state index contributed by atoms with van der Waals surface area (Å²) in [7, 11) is 0. The molecule has 0 aromatic carbocycles.